The molecule has 2 aromatic carbocycles. The number of hydrogen-bond acceptors (Lipinski definition) is 1. The van der Waals surface area contributed by atoms with Crippen molar-refractivity contribution >= 4 is 0 Å². The van der Waals surface area contributed by atoms with Crippen LogP contribution in [0.15, 0.2) is 36.4 Å². The highest BCUT2D eigenvalue weighted by Gasteiger charge is 2.26. The first-order chi connectivity index (χ1) is 14.5. The number of ether oxygens (including phenoxy) is 1. The smallest absolute Gasteiger partial charge is 0.201 e. The molecule has 30 heavy (non-hydrogen) atoms. The number of halogens is 4. The van der Waals surface area contributed by atoms with Crippen LogP contribution in [0, 0.1) is 29.2 Å². The monoisotopic (exact) mass is 420 g/mol. The summed E-state index contributed by atoms with van der Waals surface area (Å²) >= 11 is 0. The number of rotatable bonds is 7. The molecule has 5 heteroatoms. The Morgan fingerprint density at radius 1 is 0.933 bits per heavy atom. The molecule has 3 rings (SSSR count). The molecule has 0 spiro atoms. The van der Waals surface area contributed by atoms with Crippen molar-refractivity contribution in [3.63, 3.8) is 0 Å². The van der Waals surface area contributed by atoms with Crippen LogP contribution in [0.5, 0.6) is 5.75 Å². The average molecular weight is 420 g/mol. The first-order valence-corrected chi connectivity index (χ1v) is 10.7. The van der Waals surface area contributed by atoms with E-state index in [0.29, 0.717) is 11.5 Å². The van der Waals surface area contributed by atoms with E-state index in [2.05, 4.69) is 6.08 Å². The van der Waals surface area contributed by atoms with Crippen molar-refractivity contribution in [3.05, 3.63) is 65.2 Å². The van der Waals surface area contributed by atoms with Crippen molar-refractivity contribution in [1.82, 2.24) is 0 Å². The molecule has 0 aromatic heterocycles. The second kappa shape index (κ2) is 10.1. The van der Waals surface area contributed by atoms with Gasteiger partial charge in [-0.1, -0.05) is 12.2 Å². The lowest BCUT2D eigenvalue weighted by atomic mass is 9.77. The molecule has 0 aliphatic heterocycles. The summed E-state index contributed by atoms with van der Waals surface area (Å²) in [5, 5.41) is 0. The maximum atomic E-state index is 14.9. The molecule has 0 unspecified atom stereocenters. The van der Waals surface area contributed by atoms with Gasteiger partial charge >= 0.3 is 0 Å². The van der Waals surface area contributed by atoms with Gasteiger partial charge < -0.3 is 4.74 Å². The molecule has 1 saturated carbocycles. The summed E-state index contributed by atoms with van der Waals surface area (Å²) in [6, 6.07) is 4.60. The van der Waals surface area contributed by atoms with Gasteiger partial charge in [0.25, 0.3) is 0 Å². The number of allylic oxidation sites excluding steroid dienone is 2. The van der Waals surface area contributed by atoms with Crippen molar-refractivity contribution < 1.29 is 22.3 Å². The van der Waals surface area contributed by atoms with E-state index in [4.69, 9.17) is 4.74 Å². The van der Waals surface area contributed by atoms with E-state index in [1.165, 1.54) is 12.1 Å². The fourth-order valence-corrected chi connectivity index (χ4v) is 4.35. The molecule has 2 aromatic rings. The van der Waals surface area contributed by atoms with Gasteiger partial charge in [0.2, 0.25) is 5.82 Å². The first-order valence-electron chi connectivity index (χ1n) is 10.7. The Kier molecular flexibility index (Phi) is 7.57. The van der Waals surface area contributed by atoms with Crippen molar-refractivity contribution in [3.8, 4) is 16.9 Å². The van der Waals surface area contributed by atoms with E-state index in [1.54, 1.807) is 6.92 Å². The highest BCUT2D eigenvalue weighted by Crippen LogP contribution is 2.40. The van der Waals surface area contributed by atoms with E-state index in [9.17, 15) is 17.6 Å². The van der Waals surface area contributed by atoms with Crippen LogP contribution in [-0.4, -0.2) is 6.61 Å². The number of hydrogen-bond donors (Lipinski definition) is 0. The third kappa shape index (κ3) is 4.88. The Bertz CT molecular complexity index is 899. The van der Waals surface area contributed by atoms with E-state index in [1.807, 2.05) is 13.0 Å². The van der Waals surface area contributed by atoms with Crippen LogP contribution in [0.2, 0.25) is 0 Å². The highest BCUT2D eigenvalue weighted by molar-refractivity contribution is 5.66. The molecule has 0 heterocycles. The third-order valence-electron chi connectivity index (χ3n) is 5.99. The van der Waals surface area contributed by atoms with Gasteiger partial charge in [-0.25, -0.2) is 13.2 Å². The second-order valence-electron chi connectivity index (χ2n) is 7.89. The standard InChI is InChI=1S/C25H28F4O/c1-3-5-6-7-16-8-10-17(11-9-16)19-14-22(27)20(15-21(19)26)18-12-13-23(30-4-2)25(29)24(18)28/h3,5,12-17H,4,6-11H2,1-2H3. The quantitative estimate of drug-likeness (QED) is 0.326. The summed E-state index contributed by atoms with van der Waals surface area (Å²) in [6.07, 6.45) is 9.97. The lowest BCUT2D eigenvalue weighted by molar-refractivity contribution is 0.307. The molecule has 1 aliphatic carbocycles. The predicted molar refractivity (Wildman–Crippen MR) is 112 cm³/mol. The van der Waals surface area contributed by atoms with Gasteiger partial charge in [-0.2, -0.15) is 4.39 Å². The first kappa shape index (κ1) is 22.4. The Morgan fingerprint density at radius 3 is 2.33 bits per heavy atom. The Morgan fingerprint density at radius 2 is 1.67 bits per heavy atom. The molecule has 162 valence electrons. The van der Waals surface area contributed by atoms with Crippen LogP contribution in [-0.2, 0) is 0 Å². The van der Waals surface area contributed by atoms with Gasteiger partial charge in [-0.3, -0.25) is 0 Å². The Balaban J connectivity index is 1.79. The summed E-state index contributed by atoms with van der Waals surface area (Å²) in [4.78, 5) is 0. The minimum Gasteiger partial charge on any atom is -0.491 e. The summed E-state index contributed by atoms with van der Waals surface area (Å²) in [7, 11) is 0. The molecule has 1 nitrogen and oxygen atoms in total. The molecule has 0 amide bonds. The topological polar surface area (TPSA) is 9.23 Å². The number of benzene rings is 2. The Labute approximate surface area is 175 Å². The van der Waals surface area contributed by atoms with Crippen LogP contribution >= 0.6 is 0 Å². The van der Waals surface area contributed by atoms with E-state index >= 15 is 0 Å². The second-order valence-corrected chi connectivity index (χ2v) is 7.89. The largest absolute Gasteiger partial charge is 0.491 e. The normalized spacial score (nSPS) is 19.4. The van der Waals surface area contributed by atoms with Crippen molar-refractivity contribution in [1.29, 1.82) is 0 Å². The van der Waals surface area contributed by atoms with Crippen LogP contribution in [0.25, 0.3) is 11.1 Å². The molecule has 0 radical (unpaired) electrons. The summed E-state index contributed by atoms with van der Waals surface area (Å²) < 4.78 is 63.3. The zero-order valence-corrected chi connectivity index (χ0v) is 17.5. The van der Waals surface area contributed by atoms with Gasteiger partial charge in [0, 0.05) is 11.1 Å². The summed E-state index contributed by atoms with van der Waals surface area (Å²) in [5.74, 6) is -3.44. The third-order valence-corrected chi connectivity index (χ3v) is 5.99. The molecular weight excluding hydrogens is 392 g/mol. The van der Waals surface area contributed by atoms with Gasteiger partial charge in [0.1, 0.15) is 11.6 Å². The maximum absolute atomic E-state index is 14.9. The lowest BCUT2D eigenvalue weighted by Gasteiger charge is -2.29. The molecule has 0 atom stereocenters. The fourth-order valence-electron chi connectivity index (χ4n) is 4.35. The predicted octanol–water partition coefficient (Wildman–Crippen LogP) is 7.94. The Hall–Kier alpha value is -2.30. The molecule has 0 N–H and O–H groups in total. The highest BCUT2D eigenvalue weighted by atomic mass is 19.2. The van der Waals surface area contributed by atoms with Gasteiger partial charge in [-0.05, 0) is 94.0 Å². The summed E-state index contributed by atoms with van der Waals surface area (Å²) in [6.45, 7) is 3.82. The lowest BCUT2D eigenvalue weighted by Crippen LogP contribution is -2.14. The van der Waals surface area contributed by atoms with Gasteiger partial charge in [-0.15, -0.1) is 0 Å². The molecule has 1 fully saturated rings. The van der Waals surface area contributed by atoms with Crippen LogP contribution in [0.1, 0.15) is 63.9 Å². The van der Waals surface area contributed by atoms with Gasteiger partial charge in [0.15, 0.2) is 11.6 Å². The maximum Gasteiger partial charge on any atom is 0.201 e. The van der Waals surface area contributed by atoms with Crippen molar-refractivity contribution in [2.24, 2.45) is 5.92 Å². The fraction of sp³-hybridized carbons (Fsp3) is 0.440. The van der Waals surface area contributed by atoms with Crippen LogP contribution in [0.4, 0.5) is 17.6 Å². The van der Waals surface area contributed by atoms with Crippen molar-refractivity contribution in [2.75, 3.05) is 6.61 Å². The average Bonchev–Trinajstić information content (AvgIpc) is 2.74. The van der Waals surface area contributed by atoms with Crippen molar-refractivity contribution in [2.45, 2.75) is 58.3 Å². The van der Waals surface area contributed by atoms with Crippen LogP contribution < -0.4 is 4.74 Å². The zero-order valence-electron chi connectivity index (χ0n) is 17.5. The van der Waals surface area contributed by atoms with Gasteiger partial charge in [0.05, 0.1) is 6.61 Å². The molecule has 0 bridgehead atoms. The molecule has 1 aliphatic rings. The summed E-state index contributed by atoms with van der Waals surface area (Å²) in [5.41, 5.74) is -0.266. The zero-order chi connectivity index (χ0) is 21.7. The minimum absolute atomic E-state index is 0.0477. The molecular formula is C25H28F4O. The van der Waals surface area contributed by atoms with E-state index < -0.39 is 23.3 Å². The van der Waals surface area contributed by atoms with E-state index in [0.717, 1.165) is 50.7 Å². The SMILES string of the molecule is CC=CCCC1CCC(c2cc(F)c(-c3ccc(OCC)c(F)c3F)cc2F)CC1. The van der Waals surface area contributed by atoms with Crippen LogP contribution in [0.3, 0.4) is 0 Å². The van der Waals surface area contributed by atoms with E-state index in [-0.39, 0.29) is 29.4 Å². The minimum atomic E-state index is -1.24. The molecule has 0 saturated heterocycles.